The highest BCUT2D eigenvalue weighted by Gasteiger charge is 2.39. The van der Waals surface area contributed by atoms with E-state index < -0.39 is 17.3 Å². The number of benzene rings is 1. The molecule has 0 spiro atoms. The smallest absolute Gasteiger partial charge is 0.385 e. The van der Waals surface area contributed by atoms with Crippen LogP contribution in [0.1, 0.15) is 42.4 Å². The van der Waals surface area contributed by atoms with Gasteiger partial charge >= 0.3 is 6.18 Å². The highest BCUT2D eigenvalue weighted by Crippen LogP contribution is 2.40. The van der Waals surface area contributed by atoms with E-state index in [1.165, 1.54) is 6.07 Å². The third-order valence-corrected chi connectivity index (χ3v) is 6.69. The molecule has 1 aliphatic heterocycles. The van der Waals surface area contributed by atoms with Crippen molar-refractivity contribution in [3.05, 3.63) is 69.6 Å². The second kappa shape index (κ2) is 8.76. The van der Waals surface area contributed by atoms with Crippen LogP contribution in [-0.4, -0.2) is 52.1 Å². The number of H-pyrrole nitrogens is 1. The van der Waals surface area contributed by atoms with Crippen molar-refractivity contribution in [2.45, 2.75) is 50.0 Å². The lowest BCUT2D eigenvalue weighted by atomic mass is 9.77. The predicted molar refractivity (Wildman–Crippen MR) is 112 cm³/mol. The number of hydrogen-bond acceptors (Lipinski definition) is 4. The van der Waals surface area contributed by atoms with Crippen LogP contribution in [0.3, 0.4) is 0 Å². The molecule has 168 valence electrons. The maximum Gasteiger partial charge on any atom is 0.416 e. The third-order valence-electron chi connectivity index (χ3n) is 6.69. The molecule has 0 amide bonds. The lowest BCUT2D eigenvalue weighted by Crippen LogP contribution is -2.51. The van der Waals surface area contributed by atoms with E-state index in [4.69, 9.17) is 0 Å². The van der Waals surface area contributed by atoms with Crippen LogP contribution in [0, 0.1) is 0 Å². The molecule has 5 nitrogen and oxygen atoms in total. The number of halogens is 3. The van der Waals surface area contributed by atoms with Gasteiger partial charge in [0.1, 0.15) is 0 Å². The number of hydrogen-bond donors (Lipinski definition) is 2. The molecule has 2 aliphatic rings. The van der Waals surface area contributed by atoms with Crippen molar-refractivity contribution in [1.29, 1.82) is 0 Å². The van der Waals surface area contributed by atoms with E-state index in [1.807, 2.05) is 6.07 Å². The van der Waals surface area contributed by atoms with Crippen molar-refractivity contribution in [3.63, 3.8) is 0 Å². The molecule has 4 rings (SSSR count). The first-order valence-corrected chi connectivity index (χ1v) is 10.8. The Kier molecular flexibility index (Phi) is 6.23. The number of aromatic amines is 1. The van der Waals surface area contributed by atoms with Crippen LogP contribution in [-0.2, 0) is 18.3 Å². The van der Waals surface area contributed by atoms with Gasteiger partial charge in [0.15, 0.2) is 0 Å². The van der Waals surface area contributed by atoms with Crippen molar-refractivity contribution < 1.29 is 18.3 Å². The molecule has 2 heterocycles. The summed E-state index contributed by atoms with van der Waals surface area (Å²) in [4.78, 5) is 18.7. The molecule has 2 N–H and O–H groups in total. The fourth-order valence-electron chi connectivity index (χ4n) is 4.80. The quantitative estimate of drug-likeness (QED) is 0.774. The monoisotopic (exact) mass is 435 g/mol. The van der Waals surface area contributed by atoms with E-state index in [0.29, 0.717) is 24.4 Å². The number of nitrogens with one attached hydrogen (secondary N) is 1. The number of piperazine rings is 1. The van der Waals surface area contributed by atoms with Crippen molar-refractivity contribution in [2.24, 2.45) is 0 Å². The molecular formula is C23H28F3N3O2. The molecule has 0 bridgehead atoms. The summed E-state index contributed by atoms with van der Waals surface area (Å²) in [7, 11) is 0. The van der Waals surface area contributed by atoms with Crippen LogP contribution in [0.2, 0.25) is 0 Å². The Morgan fingerprint density at radius 2 is 1.77 bits per heavy atom. The molecular weight excluding hydrogens is 407 g/mol. The minimum absolute atomic E-state index is 0.101. The van der Waals surface area contributed by atoms with Crippen LogP contribution < -0.4 is 5.56 Å². The van der Waals surface area contributed by atoms with Crippen molar-refractivity contribution in [3.8, 4) is 0 Å². The first-order chi connectivity index (χ1) is 14.7. The van der Waals surface area contributed by atoms with Gasteiger partial charge in [0.05, 0.1) is 11.2 Å². The van der Waals surface area contributed by atoms with E-state index in [0.717, 1.165) is 63.3 Å². The summed E-state index contributed by atoms with van der Waals surface area (Å²) in [5, 5.41) is 11.1. The summed E-state index contributed by atoms with van der Waals surface area (Å²) in [5.41, 5.74) is -0.553. The van der Waals surface area contributed by atoms with Gasteiger partial charge in [-0.1, -0.05) is 18.2 Å². The van der Waals surface area contributed by atoms with Gasteiger partial charge in [0.2, 0.25) is 5.56 Å². The van der Waals surface area contributed by atoms with Crippen molar-refractivity contribution >= 4 is 0 Å². The SMILES string of the molecule is O=c1ccc(CN2CCN(C3CCC(O)(c4cccc(C(F)(F)F)c4)CC3)CC2)c[nH]1. The average Bonchev–Trinajstić information content (AvgIpc) is 2.76. The van der Waals surface area contributed by atoms with E-state index >= 15 is 0 Å². The van der Waals surface area contributed by atoms with E-state index in [1.54, 1.807) is 18.3 Å². The third kappa shape index (κ3) is 5.19. The molecule has 1 aliphatic carbocycles. The summed E-state index contributed by atoms with van der Waals surface area (Å²) >= 11 is 0. The van der Waals surface area contributed by atoms with Gasteiger partial charge in [-0.2, -0.15) is 13.2 Å². The van der Waals surface area contributed by atoms with Crippen LogP contribution in [0.15, 0.2) is 47.4 Å². The van der Waals surface area contributed by atoms with E-state index in [9.17, 15) is 23.1 Å². The van der Waals surface area contributed by atoms with E-state index in [-0.39, 0.29) is 5.56 Å². The van der Waals surface area contributed by atoms with Crippen molar-refractivity contribution in [1.82, 2.24) is 14.8 Å². The number of aromatic nitrogens is 1. The van der Waals surface area contributed by atoms with Gasteiger partial charge in [0.25, 0.3) is 0 Å². The molecule has 31 heavy (non-hydrogen) atoms. The van der Waals surface area contributed by atoms with Gasteiger partial charge < -0.3 is 10.1 Å². The Morgan fingerprint density at radius 3 is 2.39 bits per heavy atom. The standard InChI is InChI=1S/C23H28F3N3O2/c24-23(25,26)19-3-1-2-18(14-19)22(31)8-6-20(7-9-22)29-12-10-28(11-13-29)16-17-4-5-21(30)27-15-17/h1-5,14-15,20,31H,6-13,16H2,(H,27,30). The molecule has 2 fully saturated rings. The molecule has 1 aromatic carbocycles. The summed E-state index contributed by atoms with van der Waals surface area (Å²) in [6.45, 7) is 4.50. The molecule has 1 saturated carbocycles. The topological polar surface area (TPSA) is 59.6 Å². The summed E-state index contributed by atoms with van der Waals surface area (Å²) in [6, 6.07) is 8.86. The molecule has 8 heteroatoms. The molecule has 2 aromatic rings. The second-order valence-electron chi connectivity index (χ2n) is 8.71. The Balaban J connectivity index is 1.30. The summed E-state index contributed by atoms with van der Waals surface area (Å²) < 4.78 is 39.1. The molecule has 0 radical (unpaired) electrons. The lowest BCUT2D eigenvalue weighted by Gasteiger charge is -2.44. The highest BCUT2D eigenvalue weighted by molar-refractivity contribution is 5.30. The molecule has 0 unspecified atom stereocenters. The van der Waals surface area contributed by atoms with Gasteiger partial charge in [-0.15, -0.1) is 0 Å². The van der Waals surface area contributed by atoms with Gasteiger partial charge in [-0.05, 0) is 48.9 Å². The minimum Gasteiger partial charge on any atom is -0.385 e. The van der Waals surface area contributed by atoms with Crippen molar-refractivity contribution in [2.75, 3.05) is 26.2 Å². The van der Waals surface area contributed by atoms with Gasteiger partial charge in [0, 0.05) is 51.0 Å². The Labute approximate surface area is 179 Å². The van der Waals surface area contributed by atoms with Gasteiger partial charge in [-0.3, -0.25) is 14.6 Å². The number of nitrogens with zero attached hydrogens (tertiary/aromatic N) is 2. The normalized spacial score (nSPS) is 26.1. The Bertz CT molecular complexity index is 923. The first kappa shape index (κ1) is 22.0. The second-order valence-corrected chi connectivity index (χ2v) is 8.71. The maximum atomic E-state index is 13.0. The van der Waals surface area contributed by atoms with Crippen LogP contribution in [0.4, 0.5) is 13.2 Å². The number of pyridine rings is 1. The minimum atomic E-state index is -4.40. The number of alkyl halides is 3. The number of rotatable bonds is 4. The van der Waals surface area contributed by atoms with Crippen LogP contribution >= 0.6 is 0 Å². The van der Waals surface area contributed by atoms with Crippen LogP contribution in [0.5, 0.6) is 0 Å². The summed E-state index contributed by atoms with van der Waals surface area (Å²) in [6.07, 6.45) is -0.171. The van der Waals surface area contributed by atoms with Gasteiger partial charge in [-0.25, -0.2) is 0 Å². The van der Waals surface area contributed by atoms with E-state index in [2.05, 4.69) is 14.8 Å². The average molecular weight is 435 g/mol. The number of aliphatic hydroxyl groups is 1. The zero-order valence-electron chi connectivity index (χ0n) is 17.4. The summed E-state index contributed by atoms with van der Waals surface area (Å²) in [5.74, 6) is 0. The molecule has 0 atom stereocenters. The predicted octanol–water partition coefficient (Wildman–Crippen LogP) is 3.34. The zero-order chi connectivity index (χ0) is 22.1. The maximum absolute atomic E-state index is 13.0. The fraction of sp³-hybridized carbons (Fsp3) is 0.522. The molecule has 1 saturated heterocycles. The lowest BCUT2D eigenvalue weighted by molar-refractivity contribution is -0.137. The fourth-order valence-corrected chi connectivity index (χ4v) is 4.80. The van der Waals surface area contributed by atoms with Crippen LogP contribution in [0.25, 0.3) is 0 Å². The Hall–Kier alpha value is -2.16. The zero-order valence-corrected chi connectivity index (χ0v) is 17.4. The highest BCUT2D eigenvalue weighted by atomic mass is 19.4. The Morgan fingerprint density at radius 1 is 1.06 bits per heavy atom. The molecule has 1 aromatic heterocycles. The largest absolute Gasteiger partial charge is 0.416 e. The first-order valence-electron chi connectivity index (χ1n) is 10.8.